The van der Waals surface area contributed by atoms with Crippen LogP contribution in [0.5, 0.6) is 17.2 Å². The van der Waals surface area contributed by atoms with Gasteiger partial charge in [-0.2, -0.15) is 5.10 Å². The first-order chi connectivity index (χ1) is 15.0. The van der Waals surface area contributed by atoms with Crippen molar-refractivity contribution >= 4 is 40.6 Å². The van der Waals surface area contributed by atoms with Gasteiger partial charge in [-0.05, 0) is 35.9 Å². The maximum Gasteiger partial charge on any atom is 0.240 e. The number of carbonyl (C=O) groups excluding carboxylic acids is 2. The van der Waals surface area contributed by atoms with Crippen LogP contribution in [-0.4, -0.2) is 49.8 Å². The van der Waals surface area contributed by atoms with E-state index in [0.29, 0.717) is 28.1 Å². The van der Waals surface area contributed by atoms with Crippen LogP contribution in [0.25, 0.3) is 0 Å². The van der Waals surface area contributed by atoms with Gasteiger partial charge >= 0.3 is 0 Å². The van der Waals surface area contributed by atoms with Crippen LogP contribution < -0.4 is 24.8 Å². The van der Waals surface area contributed by atoms with Gasteiger partial charge in [0.15, 0.2) is 16.7 Å². The van der Waals surface area contributed by atoms with E-state index >= 15 is 0 Å². The normalized spacial score (nSPS) is 16.9. The fourth-order valence-electron chi connectivity index (χ4n) is 2.75. The summed E-state index contributed by atoms with van der Waals surface area (Å²) in [5, 5.41) is 13.2. The summed E-state index contributed by atoms with van der Waals surface area (Å²) in [5.41, 5.74) is 1.35. The SMILES string of the molecule is COc1cccc(NC(=O)C[C@@H]2S/C(=N\N=C/c3ccc(OC)c(OC)c3)NC2=O)c1. The smallest absolute Gasteiger partial charge is 0.240 e. The molecule has 0 aliphatic carbocycles. The van der Waals surface area contributed by atoms with Gasteiger partial charge in [-0.25, -0.2) is 0 Å². The fraction of sp³-hybridized carbons (Fsp3) is 0.238. The molecule has 2 aromatic carbocycles. The predicted molar refractivity (Wildman–Crippen MR) is 120 cm³/mol. The quantitative estimate of drug-likeness (QED) is 0.480. The molecule has 1 aliphatic rings. The Balaban J connectivity index is 1.57. The molecule has 0 aromatic heterocycles. The summed E-state index contributed by atoms with van der Waals surface area (Å²) in [4.78, 5) is 24.5. The number of hydrogen-bond donors (Lipinski definition) is 2. The lowest BCUT2D eigenvalue weighted by Gasteiger charge is -2.08. The topological polar surface area (TPSA) is 111 Å². The van der Waals surface area contributed by atoms with Gasteiger partial charge < -0.3 is 24.8 Å². The zero-order chi connectivity index (χ0) is 22.2. The van der Waals surface area contributed by atoms with Crippen molar-refractivity contribution in [3.63, 3.8) is 0 Å². The lowest BCUT2D eigenvalue weighted by molar-refractivity contribution is -0.122. The van der Waals surface area contributed by atoms with Gasteiger partial charge in [0, 0.05) is 18.2 Å². The third-order valence-electron chi connectivity index (χ3n) is 4.26. The minimum atomic E-state index is -0.583. The molecule has 0 bridgehead atoms. The zero-order valence-corrected chi connectivity index (χ0v) is 18.1. The molecule has 10 heteroatoms. The highest BCUT2D eigenvalue weighted by Crippen LogP contribution is 2.27. The molecule has 1 aliphatic heterocycles. The van der Waals surface area contributed by atoms with E-state index in [1.807, 2.05) is 0 Å². The second-order valence-corrected chi connectivity index (χ2v) is 7.54. The number of amidine groups is 1. The van der Waals surface area contributed by atoms with E-state index in [2.05, 4.69) is 20.8 Å². The Bertz CT molecular complexity index is 1020. The molecule has 2 amide bonds. The van der Waals surface area contributed by atoms with Gasteiger partial charge in [-0.15, -0.1) is 5.10 Å². The highest BCUT2D eigenvalue weighted by molar-refractivity contribution is 8.15. The first-order valence-electron chi connectivity index (χ1n) is 9.27. The molecule has 1 saturated heterocycles. The first-order valence-corrected chi connectivity index (χ1v) is 10.1. The van der Waals surface area contributed by atoms with Crippen LogP contribution in [0, 0.1) is 0 Å². The third-order valence-corrected chi connectivity index (χ3v) is 5.34. The van der Waals surface area contributed by atoms with Crippen molar-refractivity contribution in [3.8, 4) is 17.2 Å². The Kier molecular flexibility index (Phi) is 7.50. The molecule has 3 rings (SSSR count). The number of anilines is 1. The average molecular weight is 442 g/mol. The van der Waals surface area contributed by atoms with Crippen LogP contribution >= 0.6 is 11.8 Å². The van der Waals surface area contributed by atoms with Crippen LogP contribution in [0.4, 0.5) is 5.69 Å². The van der Waals surface area contributed by atoms with Crippen molar-refractivity contribution in [1.29, 1.82) is 0 Å². The van der Waals surface area contributed by atoms with Crippen LogP contribution in [0.15, 0.2) is 52.7 Å². The molecule has 2 N–H and O–H groups in total. The predicted octanol–water partition coefficient (Wildman–Crippen LogP) is 2.66. The van der Waals surface area contributed by atoms with E-state index in [4.69, 9.17) is 14.2 Å². The van der Waals surface area contributed by atoms with Gasteiger partial charge in [0.1, 0.15) is 11.0 Å². The van der Waals surface area contributed by atoms with Crippen molar-refractivity contribution in [2.75, 3.05) is 26.6 Å². The number of rotatable bonds is 8. The van der Waals surface area contributed by atoms with Crippen molar-refractivity contribution < 1.29 is 23.8 Å². The largest absolute Gasteiger partial charge is 0.497 e. The van der Waals surface area contributed by atoms with Crippen molar-refractivity contribution in [3.05, 3.63) is 48.0 Å². The number of methoxy groups -OCH3 is 3. The lowest BCUT2D eigenvalue weighted by atomic mass is 10.2. The Morgan fingerprint density at radius 1 is 1.13 bits per heavy atom. The van der Waals surface area contributed by atoms with Crippen molar-refractivity contribution in [2.24, 2.45) is 10.2 Å². The Morgan fingerprint density at radius 2 is 1.94 bits per heavy atom. The molecule has 0 radical (unpaired) electrons. The molecule has 0 spiro atoms. The second-order valence-electron chi connectivity index (χ2n) is 6.34. The van der Waals surface area contributed by atoms with Gasteiger partial charge in [0.2, 0.25) is 11.8 Å². The van der Waals surface area contributed by atoms with Crippen LogP contribution in [0.2, 0.25) is 0 Å². The molecule has 162 valence electrons. The lowest BCUT2D eigenvalue weighted by Crippen LogP contribution is -2.28. The van der Waals surface area contributed by atoms with Crippen LogP contribution in [-0.2, 0) is 9.59 Å². The van der Waals surface area contributed by atoms with E-state index in [-0.39, 0.29) is 18.2 Å². The number of benzene rings is 2. The van der Waals surface area contributed by atoms with E-state index in [9.17, 15) is 9.59 Å². The number of carbonyl (C=O) groups is 2. The summed E-state index contributed by atoms with van der Waals surface area (Å²) in [6.45, 7) is 0. The average Bonchev–Trinajstić information content (AvgIpc) is 3.12. The standard InChI is InChI=1S/C21H22N4O5S/c1-28-15-6-4-5-14(10-15)23-19(26)11-18-20(27)24-21(31-18)25-22-12-13-7-8-16(29-2)17(9-13)30-3/h4-10,12,18H,11H2,1-3H3,(H,23,26)(H,24,25,27)/b22-12-/t18-/m0/s1. The highest BCUT2D eigenvalue weighted by Gasteiger charge is 2.32. The van der Waals surface area contributed by atoms with Crippen LogP contribution in [0.3, 0.4) is 0 Å². The number of nitrogens with zero attached hydrogens (tertiary/aromatic N) is 2. The van der Waals surface area contributed by atoms with Crippen LogP contribution in [0.1, 0.15) is 12.0 Å². The van der Waals surface area contributed by atoms with E-state index in [1.54, 1.807) is 63.8 Å². The summed E-state index contributed by atoms with van der Waals surface area (Å²) in [5.74, 6) is 1.25. The number of nitrogens with one attached hydrogen (secondary N) is 2. The summed E-state index contributed by atoms with van der Waals surface area (Å²) in [6, 6.07) is 12.3. The summed E-state index contributed by atoms with van der Waals surface area (Å²) in [7, 11) is 4.66. The number of ether oxygens (including phenoxy) is 3. The highest BCUT2D eigenvalue weighted by atomic mass is 32.2. The molecule has 31 heavy (non-hydrogen) atoms. The minimum absolute atomic E-state index is 0.00607. The third kappa shape index (κ3) is 5.98. The Hall–Kier alpha value is -3.53. The molecule has 0 unspecified atom stereocenters. The molecular weight excluding hydrogens is 420 g/mol. The molecule has 1 heterocycles. The van der Waals surface area contributed by atoms with E-state index < -0.39 is 5.25 Å². The van der Waals surface area contributed by atoms with Crippen molar-refractivity contribution in [2.45, 2.75) is 11.7 Å². The number of amides is 2. The summed E-state index contributed by atoms with van der Waals surface area (Å²) < 4.78 is 15.6. The maximum absolute atomic E-state index is 12.3. The molecule has 2 aromatic rings. The Morgan fingerprint density at radius 3 is 2.68 bits per heavy atom. The van der Waals surface area contributed by atoms with Gasteiger partial charge in [-0.1, -0.05) is 17.8 Å². The molecule has 9 nitrogen and oxygen atoms in total. The maximum atomic E-state index is 12.3. The summed E-state index contributed by atoms with van der Waals surface area (Å²) in [6.07, 6.45) is 1.54. The molecule has 1 fully saturated rings. The summed E-state index contributed by atoms with van der Waals surface area (Å²) >= 11 is 1.16. The monoisotopic (exact) mass is 442 g/mol. The number of thioether (sulfide) groups is 1. The van der Waals surface area contributed by atoms with Gasteiger partial charge in [0.05, 0.1) is 27.5 Å². The van der Waals surface area contributed by atoms with E-state index in [1.165, 1.54) is 6.21 Å². The minimum Gasteiger partial charge on any atom is -0.497 e. The fourth-order valence-corrected chi connectivity index (χ4v) is 3.67. The zero-order valence-electron chi connectivity index (χ0n) is 17.2. The molecule has 0 saturated carbocycles. The van der Waals surface area contributed by atoms with Crippen molar-refractivity contribution in [1.82, 2.24) is 5.32 Å². The molecule has 1 atom stereocenters. The van der Waals surface area contributed by atoms with Gasteiger partial charge in [0.25, 0.3) is 0 Å². The van der Waals surface area contributed by atoms with E-state index in [0.717, 1.165) is 17.3 Å². The molecular formula is C21H22N4O5S. The first kappa shape index (κ1) is 22.2. The Labute approximate surface area is 183 Å². The van der Waals surface area contributed by atoms with Gasteiger partial charge in [-0.3, -0.25) is 9.59 Å². The second kappa shape index (κ2) is 10.5. The number of hydrogen-bond acceptors (Lipinski definition) is 8.